The predicted molar refractivity (Wildman–Crippen MR) is 235 cm³/mol. The Bertz CT molecular complexity index is 2730. The van der Waals surface area contributed by atoms with Crippen LogP contribution in [0.25, 0.3) is 33.6 Å². The third kappa shape index (κ3) is 5.84. The molecule has 7 aromatic carbocycles. The number of aromatic nitrogens is 1. The molecule has 9 rings (SSSR count). The predicted octanol–water partition coefficient (Wildman–Crippen LogP) is 13.1. The van der Waals surface area contributed by atoms with Gasteiger partial charge in [0.2, 0.25) is 0 Å². The Balaban J connectivity index is 0.00000217. The summed E-state index contributed by atoms with van der Waals surface area (Å²) in [5.41, 5.74) is 12.8. The molecule has 3 heteroatoms. The molecule has 1 aromatic heterocycles. The lowest BCUT2D eigenvalue weighted by molar-refractivity contribution is 0.0996. The Morgan fingerprint density at radius 3 is 1.91 bits per heavy atom. The van der Waals surface area contributed by atoms with Crippen LogP contribution in [0.15, 0.2) is 194 Å². The van der Waals surface area contributed by atoms with E-state index >= 15 is 0 Å². The molecule has 1 aliphatic rings. The van der Waals surface area contributed by atoms with Gasteiger partial charge in [0, 0.05) is 34.1 Å². The van der Waals surface area contributed by atoms with Crippen molar-refractivity contribution in [1.29, 1.82) is 0 Å². The molecule has 0 saturated heterocycles. The molecule has 0 bridgehead atoms. The molecule has 0 aliphatic carbocycles. The lowest BCUT2D eigenvalue weighted by Crippen LogP contribution is -2.38. The van der Waals surface area contributed by atoms with E-state index in [2.05, 4.69) is 212 Å². The summed E-state index contributed by atoms with van der Waals surface area (Å²) in [7, 11) is 0. The van der Waals surface area contributed by atoms with Crippen molar-refractivity contribution < 1.29 is 4.79 Å². The Kier molecular flexibility index (Phi) is 9.80. The number of Topliss-reactive ketones (excluding diaryl/α,β-unsaturated/α-hetero) is 1. The summed E-state index contributed by atoms with van der Waals surface area (Å²) < 4.78 is 2.28. The number of ketones is 1. The first-order valence-corrected chi connectivity index (χ1v) is 19.0. The third-order valence-electron chi connectivity index (χ3n) is 11.0. The molecule has 0 amide bonds. The Hall–Kier alpha value is -7.15. The number of fused-ring (bicyclic) bond motifs is 5. The number of anilines is 2. The van der Waals surface area contributed by atoms with Crippen LogP contribution in [0.5, 0.6) is 0 Å². The smallest absolute Gasteiger partial charge is 0.166 e. The number of nitrogens with zero attached hydrogens (tertiary/aromatic N) is 2. The zero-order chi connectivity index (χ0) is 38.6. The summed E-state index contributed by atoms with van der Waals surface area (Å²) in [5, 5.41) is 2.22. The van der Waals surface area contributed by atoms with Crippen molar-refractivity contribution >= 4 is 45.0 Å². The fourth-order valence-corrected chi connectivity index (χ4v) is 8.57. The summed E-state index contributed by atoms with van der Waals surface area (Å²) >= 11 is 0. The summed E-state index contributed by atoms with van der Waals surface area (Å²) in [6.07, 6.45) is 14.6. The molecule has 270 valence electrons. The monoisotopic (exact) mass is 722 g/mol. The first kappa shape index (κ1) is 35.9. The molecule has 56 heavy (non-hydrogen) atoms. The van der Waals surface area contributed by atoms with Crippen molar-refractivity contribution in [2.45, 2.75) is 25.7 Å². The van der Waals surface area contributed by atoms with Gasteiger partial charge in [0.05, 0.1) is 27.8 Å². The number of hydrogen-bond donors (Lipinski definition) is 0. The van der Waals surface area contributed by atoms with Crippen LogP contribution in [-0.4, -0.2) is 10.4 Å². The molecule has 0 fully saturated rings. The molecule has 0 saturated carbocycles. The lowest BCUT2D eigenvalue weighted by Gasteiger charge is -2.47. The Labute approximate surface area is 329 Å². The van der Waals surface area contributed by atoms with Crippen molar-refractivity contribution in [3.63, 3.8) is 0 Å². The molecule has 3 nitrogen and oxygen atoms in total. The summed E-state index contributed by atoms with van der Waals surface area (Å²) in [4.78, 5) is 16.4. The lowest BCUT2D eigenvalue weighted by atomic mass is 9.62. The van der Waals surface area contributed by atoms with Gasteiger partial charge >= 0.3 is 0 Å². The van der Waals surface area contributed by atoms with E-state index in [1.165, 1.54) is 22.3 Å². The number of carbonyl (C=O) groups is 1. The van der Waals surface area contributed by atoms with Crippen molar-refractivity contribution in [2.24, 2.45) is 0 Å². The molecule has 8 aromatic rings. The number of hydrogen-bond acceptors (Lipinski definition) is 2. The second-order valence-electron chi connectivity index (χ2n) is 14.0. The van der Waals surface area contributed by atoms with Gasteiger partial charge in [-0.05, 0) is 84.1 Å². The molecule has 1 aliphatic heterocycles. The number of allylic oxidation sites excluding steroid dienone is 3. The average molecular weight is 723 g/mol. The first-order chi connectivity index (χ1) is 27.6. The normalized spacial score (nSPS) is 13.2. The number of benzene rings is 7. The molecule has 0 radical (unpaired) electrons. The van der Waals surface area contributed by atoms with Crippen molar-refractivity contribution in [1.82, 2.24) is 4.57 Å². The highest BCUT2D eigenvalue weighted by Crippen LogP contribution is 2.57. The Morgan fingerprint density at radius 2 is 1.21 bits per heavy atom. The Morgan fingerprint density at radius 1 is 0.625 bits per heavy atom. The van der Waals surface area contributed by atoms with Crippen LogP contribution in [-0.2, 0) is 5.41 Å². The van der Waals surface area contributed by atoms with Crippen LogP contribution in [0.1, 0.15) is 58.4 Å². The first-order valence-electron chi connectivity index (χ1n) is 19.0. The van der Waals surface area contributed by atoms with Crippen molar-refractivity contribution in [2.75, 3.05) is 4.90 Å². The fourth-order valence-electron chi connectivity index (χ4n) is 8.57. The number of carbonyl (C=O) groups excluding carboxylic acids is 1. The van der Waals surface area contributed by atoms with Gasteiger partial charge < -0.3 is 9.47 Å². The highest BCUT2D eigenvalue weighted by atomic mass is 16.1. The van der Waals surface area contributed by atoms with Gasteiger partial charge in [-0.25, -0.2) is 0 Å². The van der Waals surface area contributed by atoms with Crippen LogP contribution < -0.4 is 4.90 Å². The maximum Gasteiger partial charge on any atom is 0.166 e. The summed E-state index contributed by atoms with van der Waals surface area (Å²) in [6.45, 7) is 4.27. The quantitative estimate of drug-likeness (QED) is 0.115. The van der Waals surface area contributed by atoms with Crippen LogP contribution in [0.3, 0.4) is 0 Å². The highest BCUT2D eigenvalue weighted by molar-refractivity contribution is 6.12. The minimum absolute atomic E-state index is 0.0873. The third-order valence-corrected chi connectivity index (χ3v) is 11.0. The van der Waals surface area contributed by atoms with Gasteiger partial charge in [0.25, 0.3) is 0 Å². The standard InChI is InChI=1S/C51H40N2O.C2H2/c1-3-36(2)52-48-31-16-14-28-44(48)51(39-21-7-4-8-22-39,40-23-9-5-10-24-40)45-29-17-19-37(50(45)52)20-18-32-49(54)38-33-34-47-43(35-38)42-27-13-15-30-46(42)53(47)41-25-11-6-12-26-41;1-2/h3-31,33-35H,32H2,1-2H3;1-2H/b20-18+,36-3+;. The van der Waals surface area contributed by atoms with Crippen molar-refractivity contribution in [3.05, 3.63) is 227 Å². The van der Waals surface area contributed by atoms with Gasteiger partial charge in [0.15, 0.2) is 5.78 Å². The van der Waals surface area contributed by atoms with Crippen molar-refractivity contribution in [3.8, 4) is 18.5 Å². The number of para-hydroxylation sites is 4. The average Bonchev–Trinajstić information content (AvgIpc) is 3.60. The maximum atomic E-state index is 14.0. The maximum absolute atomic E-state index is 14.0. The van der Waals surface area contributed by atoms with E-state index in [0.29, 0.717) is 5.56 Å². The van der Waals surface area contributed by atoms with Gasteiger partial charge in [-0.1, -0.05) is 152 Å². The molecule has 0 atom stereocenters. The zero-order valence-corrected chi connectivity index (χ0v) is 31.6. The zero-order valence-electron chi connectivity index (χ0n) is 31.6. The van der Waals surface area contributed by atoms with Gasteiger partial charge in [-0.3, -0.25) is 4.79 Å². The summed E-state index contributed by atoms with van der Waals surface area (Å²) in [5.74, 6) is 0.0873. The minimum atomic E-state index is -0.563. The van der Waals surface area contributed by atoms with Gasteiger partial charge in [-0.15, -0.1) is 12.8 Å². The number of terminal acetylenes is 1. The minimum Gasteiger partial charge on any atom is -0.314 e. The van der Waals surface area contributed by atoms with E-state index in [1.54, 1.807) is 0 Å². The topological polar surface area (TPSA) is 25.2 Å². The van der Waals surface area contributed by atoms with E-state index in [-0.39, 0.29) is 12.2 Å². The molecule has 0 N–H and O–H groups in total. The van der Waals surface area contributed by atoms with Crippen LogP contribution in [0, 0.1) is 12.8 Å². The van der Waals surface area contributed by atoms with E-state index in [9.17, 15) is 4.79 Å². The summed E-state index contributed by atoms with van der Waals surface area (Å²) in [6, 6.07) is 62.1. The molecule has 0 spiro atoms. The molecule has 0 unspecified atom stereocenters. The SMILES string of the molecule is C#C.C/C=C(\C)N1c2ccccc2C(c2ccccc2)(c2ccccc2)c2cccc(/C=C/CC(=O)c3ccc4c(c3)c3ccccc3n4-c3ccccc3)c21. The van der Waals surface area contributed by atoms with Crippen LogP contribution >= 0.6 is 0 Å². The van der Waals surface area contributed by atoms with Crippen LogP contribution in [0.4, 0.5) is 11.4 Å². The van der Waals surface area contributed by atoms with E-state index in [0.717, 1.165) is 50.1 Å². The van der Waals surface area contributed by atoms with Crippen LogP contribution in [0.2, 0.25) is 0 Å². The molecule has 2 heterocycles. The largest absolute Gasteiger partial charge is 0.314 e. The second-order valence-corrected chi connectivity index (χ2v) is 14.0. The van der Waals surface area contributed by atoms with E-state index < -0.39 is 5.41 Å². The second kappa shape index (κ2) is 15.3. The van der Waals surface area contributed by atoms with E-state index in [4.69, 9.17) is 0 Å². The van der Waals surface area contributed by atoms with Gasteiger partial charge in [0.1, 0.15) is 0 Å². The molecular formula is C53H42N2O. The van der Waals surface area contributed by atoms with E-state index in [1.807, 2.05) is 18.2 Å². The molecular weight excluding hydrogens is 681 g/mol. The fraction of sp³-hybridized carbons (Fsp3) is 0.0755. The number of rotatable bonds is 8. The highest BCUT2D eigenvalue weighted by Gasteiger charge is 2.46. The van der Waals surface area contributed by atoms with Gasteiger partial charge in [-0.2, -0.15) is 0 Å².